The van der Waals surface area contributed by atoms with E-state index in [1.165, 1.54) is 20.3 Å². The number of ether oxygens (including phenoxy) is 7. The second-order valence-electron chi connectivity index (χ2n) is 17.5. The molecule has 0 radical (unpaired) electrons. The number of carbonyl (C=O) groups excluding carboxylic acids is 2. The molecule has 3 aliphatic heterocycles. The first-order valence-electron chi connectivity index (χ1n) is 21.7. The molecule has 0 unspecified atom stereocenters. The lowest BCUT2D eigenvalue weighted by atomic mass is 9.93. The summed E-state index contributed by atoms with van der Waals surface area (Å²) in [6.07, 6.45) is 2.20. The number of allylic oxidation sites excluding steroid dienone is 6. The Balaban J connectivity index is 2.00. The molecule has 0 aromatic rings. The van der Waals surface area contributed by atoms with E-state index < -0.39 is 97.0 Å². The maximum Gasteiger partial charge on any atom is 0.404 e. The summed E-state index contributed by atoms with van der Waals surface area (Å²) < 4.78 is 41.4. The lowest BCUT2D eigenvalue weighted by molar-refractivity contribution is -0.338. The van der Waals surface area contributed by atoms with Gasteiger partial charge >= 0.3 is 12.1 Å². The summed E-state index contributed by atoms with van der Waals surface area (Å²) in [5.41, 5.74) is 6.78. The quantitative estimate of drug-likeness (QED) is 0.0915. The molecule has 3 heterocycles. The first kappa shape index (κ1) is 52.2. The summed E-state index contributed by atoms with van der Waals surface area (Å²) in [5.74, 6) is -6.00. The molecule has 15 heteroatoms. The number of rotatable bonds is 11. The summed E-state index contributed by atoms with van der Waals surface area (Å²) in [7, 11) is 2.81. The Morgan fingerprint density at radius 3 is 2.34 bits per heavy atom. The zero-order chi connectivity index (χ0) is 45.9. The van der Waals surface area contributed by atoms with Gasteiger partial charge in [-0.25, -0.2) is 9.59 Å². The molecular weight excluding hydrogens is 797 g/mol. The lowest BCUT2D eigenvalue weighted by Crippen LogP contribution is -2.59. The molecule has 3 aliphatic rings. The number of aliphatic hydroxyl groups excluding tert-OH is 4. The molecule has 18 atom stereocenters. The Kier molecular flexibility index (Phi) is 20.1. The highest BCUT2D eigenvalue weighted by Crippen LogP contribution is 2.42. The minimum Gasteiger partial charge on any atom is -0.490 e. The molecule has 7 N–H and O–H groups in total. The fourth-order valence-electron chi connectivity index (χ4n) is 8.94. The molecule has 0 bridgehead atoms. The average molecular weight is 873 g/mol. The van der Waals surface area contributed by atoms with Gasteiger partial charge in [0.05, 0.1) is 49.8 Å². The largest absolute Gasteiger partial charge is 0.490 e. The van der Waals surface area contributed by atoms with Gasteiger partial charge in [-0.3, -0.25) is 0 Å². The molecule has 61 heavy (non-hydrogen) atoms. The van der Waals surface area contributed by atoms with Gasteiger partial charge in [0.15, 0.2) is 18.2 Å². The molecule has 2 saturated heterocycles. The SMILES string of the molecule is C/C=C/[C@H]1O[C@@](O)([C@@H](C)[13C@@H](O)[C@H](C)[13C@H]2OC(=O)/C(OC)=[13CH]/C(C)=[13CH]/[C@@H](C)[C@@H](O)[C@@H](CC)[13C@H](O)[C@H](C)[13CH2]/C(C)=C/C=C/[C@@H]2OC)C[13C@@H](O[C@H]2C[C@@H](O)[C@H](OC(N)=O)[C@@H](C)O2)[C@@H]1C. The van der Waals surface area contributed by atoms with E-state index in [2.05, 4.69) is 0 Å². The van der Waals surface area contributed by atoms with Gasteiger partial charge in [-0.2, -0.15) is 0 Å². The molecule has 0 aliphatic carbocycles. The van der Waals surface area contributed by atoms with Crippen LogP contribution in [0.1, 0.15) is 94.9 Å². The highest BCUT2D eigenvalue weighted by molar-refractivity contribution is 5.87. The minimum absolute atomic E-state index is 0.0313. The normalized spacial score (nSPS) is 42.2. The van der Waals surface area contributed by atoms with E-state index in [0.29, 0.717) is 18.4 Å². The van der Waals surface area contributed by atoms with Crippen molar-refractivity contribution < 1.29 is 68.3 Å². The summed E-state index contributed by atoms with van der Waals surface area (Å²) in [4.78, 5) is 25.4. The average Bonchev–Trinajstić information content (AvgIpc) is 3.19. The summed E-state index contributed by atoms with van der Waals surface area (Å²) in [5, 5.41) is 58.0. The highest BCUT2D eigenvalue weighted by Gasteiger charge is 2.52. The van der Waals surface area contributed by atoms with Crippen molar-refractivity contribution in [2.24, 2.45) is 41.2 Å². The maximum atomic E-state index is 13.9. The molecule has 3 rings (SSSR count). The number of methoxy groups -OCH3 is 2. The number of aliphatic hydroxyl groups is 5. The van der Waals surface area contributed by atoms with E-state index in [4.69, 9.17) is 38.9 Å². The van der Waals surface area contributed by atoms with Crippen LogP contribution in [0.25, 0.3) is 0 Å². The van der Waals surface area contributed by atoms with E-state index in [1.54, 1.807) is 52.0 Å². The van der Waals surface area contributed by atoms with Crippen LogP contribution in [-0.2, 0) is 38.0 Å². The van der Waals surface area contributed by atoms with E-state index >= 15 is 0 Å². The van der Waals surface area contributed by atoms with Gasteiger partial charge in [0, 0.05) is 49.5 Å². The van der Waals surface area contributed by atoms with Crippen LogP contribution in [0.2, 0.25) is 0 Å². The van der Waals surface area contributed by atoms with Gasteiger partial charge in [0.2, 0.25) is 5.76 Å². The van der Waals surface area contributed by atoms with E-state index in [9.17, 15) is 35.1 Å². The zero-order valence-corrected chi connectivity index (χ0v) is 38.2. The fraction of sp³-hybridized carbons (Fsp3) is 0.739. The van der Waals surface area contributed by atoms with Gasteiger partial charge in [0.25, 0.3) is 0 Å². The van der Waals surface area contributed by atoms with Crippen molar-refractivity contribution in [2.75, 3.05) is 14.2 Å². The predicted octanol–water partition coefficient (Wildman–Crippen LogP) is 4.98. The first-order valence-corrected chi connectivity index (χ1v) is 21.7. The molecule has 0 aromatic carbocycles. The third kappa shape index (κ3) is 13.7. The second-order valence-corrected chi connectivity index (χ2v) is 17.5. The number of amides is 1. The second kappa shape index (κ2) is 23.5. The van der Waals surface area contributed by atoms with Crippen molar-refractivity contribution in [2.45, 2.75) is 168 Å². The molecule has 2 fully saturated rings. The van der Waals surface area contributed by atoms with Crippen molar-refractivity contribution in [3.8, 4) is 0 Å². The number of cyclic esters (lactones) is 1. The number of esters is 1. The summed E-state index contributed by atoms with van der Waals surface area (Å²) in [6, 6.07) is 0. The first-order chi connectivity index (χ1) is 28.6. The number of hydrogen-bond acceptors (Lipinski definition) is 14. The smallest absolute Gasteiger partial charge is 0.404 e. The Morgan fingerprint density at radius 1 is 1.10 bits per heavy atom. The predicted molar refractivity (Wildman–Crippen MR) is 228 cm³/mol. The van der Waals surface area contributed by atoms with Crippen LogP contribution in [-0.4, -0.2) is 125 Å². The topological polar surface area (TPSA) is 226 Å². The van der Waals surface area contributed by atoms with Crippen LogP contribution in [0, 0.1) is 35.5 Å². The highest BCUT2D eigenvalue weighted by atomic mass is 16.7. The van der Waals surface area contributed by atoms with Crippen molar-refractivity contribution in [3.63, 3.8) is 0 Å². The van der Waals surface area contributed by atoms with E-state index in [0.717, 1.165) is 5.57 Å². The van der Waals surface area contributed by atoms with Crippen LogP contribution in [0.4, 0.5) is 4.79 Å². The molecule has 348 valence electrons. The number of primary amides is 1. The van der Waals surface area contributed by atoms with Crippen molar-refractivity contribution in [1.82, 2.24) is 0 Å². The van der Waals surface area contributed by atoms with Gasteiger partial charge in [-0.15, -0.1) is 0 Å². The van der Waals surface area contributed by atoms with Crippen LogP contribution < -0.4 is 5.73 Å². The minimum atomic E-state index is -1.97. The van der Waals surface area contributed by atoms with Crippen molar-refractivity contribution in [1.29, 1.82) is 0 Å². The Morgan fingerprint density at radius 2 is 1.77 bits per heavy atom. The number of nitrogens with two attached hydrogens (primary N) is 1. The Labute approximate surface area is 362 Å². The van der Waals surface area contributed by atoms with Crippen LogP contribution in [0.3, 0.4) is 0 Å². The van der Waals surface area contributed by atoms with Crippen LogP contribution in [0.5, 0.6) is 0 Å². The molecule has 0 saturated carbocycles. The van der Waals surface area contributed by atoms with Crippen LogP contribution >= 0.6 is 0 Å². The third-order valence-electron chi connectivity index (χ3n) is 12.8. The number of carbonyl (C=O) groups is 2. The standard InChI is InChI=1S/C46H75NO14/c1-13-16-34-28(7)37(58-38-22-33(48)43(31(10)57-38)60-45(47)53)23-46(54,61-34)30(9)41(51)29(8)42-35(55-11)18-15-17-24(3)19-26(5)39(49)32(14-2)40(50)27(6)20-25(4)21-36(56-12)44(52)59-42/h13,15-18,20-21,26-35,37-43,48-51,54H,14,19,22-23H2,1-12H3,(H2,47,53)/b16-13+,18-15+,24-17+,25-20+,36-21-/t26-,27-,28-,29+,30+,31-,32+,33-,34-,35+,37-,38+,39-,40-,41+,42-,43-,46-/m1/s1/i19+1,20+1,21+1,37+1,39+1,41+1,42+1. The van der Waals surface area contributed by atoms with Crippen molar-refractivity contribution in [3.05, 3.63) is 59.4 Å². The molecule has 0 spiro atoms. The van der Waals surface area contributed by atoms with Crippen molar-refractivity contribution >= 4 is 12.1 Å². The molecule has 1 amide bonds. The molecular formula is C46H75NO14. The third-order valence-corrected chi connectivity index (χ3v) is 12.8. The fourth-order valence-corrected chi connectivity index (χ4v) is 8.94. The van der Waals surface area contributed by atoms with Gasteiger partial charge < -0.3 is 64.4 Å². The van der Waals surface area contributed by atoms with E-state index in [1.807, 2.05) is 53.7 Å². The summed E-state index contributed by atoms with van der Waals surface area (Å²) >= 11 is 0. The molecule has 0 aromatic heterocycles. The molecule has 15 nitrogen and oxygen atoms in total. The monoisotopic (exact) mass is 873 g/mol. The van der Waals surface area contributed by atoms with Gasteiger partial charge in [0.1, 0.15) is 12.2 Å². The van der Waals surface area contributed by atoms with Gasteiger partial charge in [-0.1, -0.05) is 89.1 Å². The Bertz CT molecular complexity index is 1570. The van der Waals surface area contributed by atoms with E-state index in [-0.39, 0.29) is 42.3 Å². The van der Waals surface area contributed by atoms with Gasteiger partial charge in [-0.05, 0) is 52.5 Å². The van der Waals surface area contributed by atoms with Crippen LogP contribution in [0.15, 0.2) is 59.4 Å². The maximum absolute atomic E-state index is 13.9. The Hall–Kier alpha value is -3.12. The zero-order valence-electron chi connectivity index (χ0n) is 38.2. The summed E-state index contributed by atoms with van der Waals surface area (Å²) in [6.45, 7) is 18.2. The lowest BCUT2D eigenvalue weighted by Gasteiger charge is -2.49. The number of hydrogen-bond donors (Lipinski definition) is 6.